The number of carbonyl (C=O) groups is 1. The maximum Gasteiger partial charge on any atom is 0.309 e. The summed E-state index contributed by atoms with van der Waals surface area (Å²) in [5, 5.41) is 19.4. The fourth-order valence-corrected chi connectivity index (χ4v) is 3.60. The molecule has 1 heterocycles. The summed E-state index contributed by atoms with van der Waals surface area (Å²) in [6.07, 6.45) is 3.32. The summed E-state index contributed by atoms with van der Waals surface area (Å²) in [5.41, 5.74) is 2.57. The normalized spacial score (nSPS) is 11.7. The quantitative estimate of drug-likeness (QED) is 0.252. The second-order valence-corrected chi connectivity index (χ2v) is 9.30. The van der Waals surface area contributed by atoms with Crippen LogP contribution in [0.3, 0.4) is 0 Å². The second kappa shape index (κ2) is 14.8. The standard InChI is InChI=1S/C23H34N4O2.C6H6/c1-17(19-9-5-8-18(14-19)15-23(2,3)22(28)29)16-25-11-7-13-26-20-10-6-12-27-21(20)24-4;1-2-4-6-5-3-1/h5-6,8-10,12,14,17,25-26H,7,11,13,15-16H2,1-4H3,(H,24,27)(H,28,29);1-6H. The Hall–Kier alpha value is -3.38. The van der Waals surface area contributed by atoms with E-state index < -0.39 is 11.4 Å². The Kier molecular flexibility index (Phi) is 11.8. The number of hydrogen-bond donors (Lipinski definition) is 4. The van der Waals surface area contributed by atoms with Crippen molar-refractivity contribution in [2.75, 3.05) is 37.3 Å². The number of nitrogens with one attached hydrogen (secondary N) is 3. The number of benzene rings is 2. The topological polar surface area (TPSA) is 86.3 Å². The molecular formula is C29H40N4O2. The Morgan fingerprint density at radius 3 is 2.31 bits per heavy atom. The highest BCUT2D eigenvalue weighted by Crippen LogP contribution is 2.24. The third kappa shape index (κ3) is 10.2. The largest absolute Gasteiger partial charge is 0.481 e. The molecule has 6 heteroatoms. The molecule has 0 aliphatic carbocycles. The summed E-state index contributed by atoms with van der Waals surface area (Å²) in [5.74, 6) is 0.462. The van der Waals surface area contributed by atoms with Gasteiger partial charge in [0.1, 0.15) is 5.82 Å². The molecule has 0 amide bonds. The molecule has 1 aromatic heterocycles. The van der Waals surface area contributed by atoms with Crippen molar-refractivity contribution < 1.29 is 9.90 Å². The van der Waals surface area contributed by atoms with E-state index in [1.54, 1.807) is 20.0 Å². The minimum Gasteiger partial charge on any atom is -0.481 e. The van der Waals surface area contributed by atoms with Crippen LogP contribution in [0.15, 0.2) is 79.0 Å². The molecular weight excluding hydrogens is 436 g/mol. The van der Waals surface area contributed by atoms with E-state index in [1.165, 1.54) is 5.56 Å². The number of anilines is 2. The van der Waals surface area contributed by atoms with Crippen molar-refractivity contribution in [2.45, 2.75) is 39.5 Å². The van der Waals surface area contributed by atoms with E-state index in [9.17, 15) is 9.90 Å². The van der Waals surface area contributed by atoms with E-state index in [4.69, 9.17) is 0 Å². The number of rotatable bonds is 12. The molecule has 6 nitrogen and oxygen atoms in total. The van der Waals surface area contributed by atoms with E-state index in [2.05, 4.69) is 40.0 Å². The lowest BCUT2D eigenvalue weighted by atomic mass is 9.85. The predicted octanol–water partition coefficient (Wildman–Crippen LogP) is 5.66. The van der Waals surface area contributed by atoms with E-state index in [0.29, 0.717) is 12.3 Å². The van der Waals surface area contributed by atoms with Gasteiger partial charge in [-0.1, -0.05) is 67.6 Å². The zero-order chi connectivity index (χ0) is 25.5. The van der Waals surface area contributed by atoms with Gasteiger partial charge in [-0.3, -0.25) is 4.79 Å². The van der Waals surface area contributed by atoms with Crippen LogP contribution in [0.4, 0.5) is 11.5 Å². The molecule has 0 saturated carbocycles. The smallest absolute Gasteiger partial charge is 0.309 e. The molecule has 2 aromatic carbocycles. The van der Waals surface area contributed by atoms with Gasteiger partial charge < -0.3 is 21.1 Å². The number of aliphatic carboxylic acids is 1. The fourth-order valence-electron chi connectivity index (χ4n) is 3.60. The monoisotopic (exact) mass is 476 g/mol. The van der Waals surface area contributed by atoms with Crippen molar-refractivity contribution >= 4 is 17.5 Å². The SMILES string of the molecule is CNc1ncccc1NCCCNCC(C)c1cccc(CC(C)(C)C(=O)O)c1.c1ccccc1. The Morgan fingerprint density at radius 2 is 1.69 bits per heavy atom. The lowest BCUT2D eigenvalue weighted by Gasteiger charge is -2.20. The Morgan fingerprint density at radius 1 is 1.00 bits per heavy atom. The minimum atomic E-state index is -0.764. The number of aromatic nitrogens is 1. The zero-order valence-corrected chi connectivity index (χ0v) is 21.4. The number of carboxylic acids is 1. The van der Waals surface area contributed by atoms with Crippen LogP contribution in [0.25, 0.3) is 0 Å². The predicted molar refractivity (Wildman–Crippen MR) is 146 cm³/mol. The van der Waals surface area contributed by atoms with Gasteiger partial charge in [0.05, 0.1) is 11.1 Å². The molecule has 3 rings (SSSR count). The maximum absolute atomic E-state index is 11.4. The fraction of sp³-hybridized carbons (Fsp3) is 0.379. The highest BCUT2D eigenvalue weighted by Gasteiger charge is 2.27. The summed E-state index contributed by atoms with van der Waals surface area (Å²) < 4.78 is 0. The van der Waals surface area contributed by atoms with Gasteiger partial charge in [0.15, 0.2) is 0 Å². The average Bonchev–Trinajstić information content (AvgIpc) is 2.87. The Balaban J connectivity index is 0.000000625. The third-order valence-corrected chi connectivity index (χ3v) is 5.75. The van der Waals surface area contributed by atoms with Crippen LogP contribution in [-0.4, -0.2) is 42.7 Å². The highest BCUT2D eigenvalue weighted by molar-refractivity contribution is 5.74. The Labute approximate surface area is 210 Å². The van der Waals surface area contributed by atoms with Crippen LogP contribution < -0.4 is 16.0 Å². The first-order chi connectivity index (χ1) is 16.8. The van der Waals surface area contributed by atoms with Crippen molar-refractivity contribution in [3.8, 4) is 0 Å². The van der Waals surface area contributed by atoms with Gasteiger partial charge in [-0.2, -0.15) is 0 Å². The molecule has 4 N–H and O–H groups in total. The first-order valence-electron chi connectivity index (χ1n) is 12.2. The van der Waals surface area contributed by atoms with Crippen molar-refractivity contribution in [1.29, 1.82) is 0 Å². The molecule has 0 spiro atoms. The molecule has 0 saturated heterocycles. The molecule has 0 aliphatic rings. The van der Waals surface area contributed by atoms with Crippen LogP contribution in [0.2, 0.25) is 0 Å². The average molecular weight is 477 g/mol. The molecule has 1 atom stereocenters. The second-order valence-electron chi connectivity index (χ2n) is 9.30. The first kappa shape index (κ1) is 27.9. The van der Waals surface area contributed by atoms with E-state index in [0.717, 1.165) is 43.1 Å². The molecule has 1 unspecified atom stereocenters. The van der Waals surface area contributed by atoms with Crippen LogP contribution in [0.5, 0.6) is 0 Å². The van der Waals surface area contributed by atoms with Gasteiger partial charge >= 0.3 is 5.97 Å². The molecule has 3 aromatic rings. The number of nitrogens with zero attached hydrogens (tertiary/aromatic N) is 1. The first-order valence-corrected chi connectivity index (χ1v) is 12.2. The third-order valence-electron chi connectivity index (χ3n) is 5.75. The summed E-state index contributed by atoms with van der Waals surface area (Å²) in [4.78, 5) is 15.7. The lowest BCUT2D eigenvalue weighted by molar-refractivity contribution is -0.146. The van der Waals surface area contributed by atoms with E-state index >= 15 is 0 Å². The molecule has 0 bridgehead atoms. The van der Waals surface area contributed by atoms with Crippen LogP contribution >= 0.6 is 0 Å². The van der Waals surface area contributed by atoms with Gasteiger partial charge in [0.2, 0.25) is 0 Å². The summed E-state index contributed by atoms with van der Waals surface area (Å²) in [6.45, 7) is 8.43. The van der Waals surface area contributed by atoms with E-state index in [-0.39, 0.29) is 0 Å². The van der Waals surface area contributed by atoms with Crippen LogP contribution in [0.1, 0.15) is 44.2 Å². The number of carboxylic acid groups (broad SMARTS) is 1. The van der Waals surface area contributed by atoms with Crippen molar-refractivity contribution in [3.63, 3.8) is 0 Å². The van der Waals surface area contributed by atoms with E-state index in [1.807, 2.05) is 67.7 Å². The highest BCUT2D eigenvalue weighted by atomic mass is 16.4. The molecule has 35 heavy (non-hydrogen) atoms. The summed E-state index contributed by atoms with van der Waals surface area (Å²) in [6, 6.07) is 24.2. The van der Waals surface area contributed by atoms with Crippen molar-refractivity contribution in [2.24, 2.45) is 5.41 Å². The van der Waals surface area contributed by atoms with Crippen LogP contribution in [0, 0.1) is 5.41 Å². The number of hydrogen-bond acceptors (Lipinski definition) is 5. The van der Waals surface area contributed by atoms with Gasteiger partial charge in [-0.15, -0.1) is 0 Å². The zero-order valence-electron chi connectivity index (χ0n) is 21.4. The molecule has 0 aliphatic heterocycles. The van der Waals surface area contributed by atoms with Gasteiger partial charge in [-0.05, 0) is 62.4 Å². The Bertz CT molecular complexity index is 982. The maximum atomic E-state index is 11.4. The number of pyridine rings is 1. The van der Waals surface area contributed by atoms with Gasteiger partial charge in [-0.25, -0.2) is 4.98 Å². The van der Waals surface area contributed by atoms with Crippen molar-refractivity contribution in [1.82, 2.24) is 10.3 Å². The summed E-state index contributed by atoms with van der Waals surface area (Å²) >= 11 is 0. The lowest BCUT2D eigenvalue weighted by Crippen LogP contribution is -2.26. The molecule has 188 valence electrons. The van der Waals surface area contributed by atoms with Gasteiger partial charge in [0, 0.05) is 26.3 Å². The van der Waals surface area contributed by atoms with Gasteiger partial charge in [0.25, 0.3) is 0 Å². The van der Waals surface area contributed by atoms with Crippen molar-refractivity contribution in [3.05, 3.63) is 90.1 Å². The van der Waals surface area contributed by atoms with Crippen LogP contribution in [-0.2, 0) is 11.2 Å². The molecule has 0 radical (unpaired) electrons. The summed E-state index contributed by atoms with van der Waals surface area (Å²) in [7, 11) is 1.87. The minimum absolute atomic E-state index is 0.366. The molecule has 0 fully saturated rings.